The number of methoxy groups -OCH3 is 1. The lowest BCUT2D eigenvalue weighted by atomic mass is 10.0. The lowest BCUT2D eigenvalue weighted by molar-refractivity contribution is -0.136. The van der Waals surface area contributed by atoms with Gasteiger partial charge in [-0.15, -0.1) is 0 Å². The van der Waals surface area contributed by atoms with E-state index in [-0.39, 0.29) is 13.0 Å². The maximum atomic E-state index is 10.5. The van der Waals surface area contributed by atoms with Gasteiger partial charge in [-0.1, -0.05) is 6.07 Å². The van der Waals surface area contributed by atoms with E-state index in [0.29, 0.717) is 16.9 Å². The van der Waals surface area contributed by atoms with E-state index in [1.807, 2.05) is 0 Å². The molecule has 0 bridgehead atoms. The van der Waals surface area contributed by atoms with Gasteiger partial charge in [-0.2, -0.15) is 0 Å². The molecule has 0 saturated carbocycles. The van der Waals surface area contributed by atoms with Crippen molar-refractivity contribution in [2.45, 2.75) is 13.0 Å². The van der Waals surface area contributed by atoms with Crippen molar-refractivity contribution in [3.05, 3.63) is 29.3 Å². The summed E-state index contributed by atoms with van der Waals surface area (Å²) in [6, 6.07) is 4.97. The van der Waals surface area contributed by atoms with E-state index in [4.69, 9.17) is 14.9 Å². The predicted molar refractivity (Wildman–Crippen MR) is 50.3 cm³/mol. The summed E-state index contributed by atoms with van der Waals surface area (Å²) in [5, 5.41) is 17.6. The van der Waals surface area contributed by atoms with Crippen LogP contribution in [-0.2, 0) is 17.8 Å². The Hall–Kier alpha value is -1.55. The third kappa shape index (κ3) is 2.47. The van der Waals surface area contributed by atoms with Gasteiger partial charge in [0, 0.05) is 0 Å². The van der Waals surface area contributed by atoms with Crippen LogP contribution >= 0.6 is 0 Å². The molecule has 1 aromatic rings. The molecule has 2 N–H and O–H groups in total. The Labute approximate surface area is 81.8 Å². The molecule has 4 heteroatoms. The Bertz CT molecular complexity index is 333. The molecule has 0 atom stereocenters. The lowest BCUT2D eigenvalue weighted by Crippen LogP contribution is -2.03. The minimum atomic E-state index is -0.912. The molecule has 0 aliphatic carbocycles. The number of rotatable bonds is 4. The van der Waals surface area contributed by atoms with E-state index < -0.39 is 5.97 Å². The number of benzene rings is 1. The Morgan fingerprint density at radius 2 is 2.14 bits per heavy atom. The minimum Gasteiger partial charge on any atom is -0.497 e. The van der Waals surface area contributed by atoms with Gasteiger partial charge in [-0.3, -0.25) is 4.79 Å². The van der Waals surface area contributed by atoms with E-state index in [1.54, 1.807) is 18.2 Å². The molecule has 0 radical (unpaired) electrons. The fraction of sp³-hybridized carbons (Fsp3) is 0.300. The van der Waals surface area contributed by atoms with Crippen molar-refractivity contribution in [2.24, 2.45) is 0 Å². The maximum absolute atomic E-state index is 10.5. The third-order valence-electron chi connectivity index (χ3n) is 1.93. The first-order valence-corrected chi connectivity index (χ1v) is 4.16. The van der Waals surface area contributed by atoms with Crippen molar-refractivity contribution in [3.63, 3.8) is 0 Å². The number of hydrogen-bond donors (Lipinski definition) is 2. The van der Waals surface area contributed by atoms with Gasteiger partial charge in [0.2, 0.25) is 0 Å². The normalized spacial score (nSPS) is 9.86. The van der Waals surface area contributed by atoms with E-state index in [9.17, 15) is 4.79 Å². The largest absolute Gasteiger partial charge is 0.497 e. The topological polar surface area (TPSA) is 66.8 Å². The molecule has 0 aromatic heterocycles. The predicted octanol–water partition coefficient (Wildman–Crippen LogP) is 0.815. The summed E-state index contributed by atoms with van der Waals surface area (Å²) in [5.74, 6) is -0.298. The molecule has 0 spiro atoms. The first-order chi connectivity index (χ1) is 6.67. The van der Waals surface area contributed by atoms with Crippen LogP contribution in [0.4, 0.5) is 0 Å². The van der Waals surface area contributed by atoms with Crippen LogP contribution < -0.4 is 4.74 Å². The van der Waals surface area contributed by atoms with Crippen LogP contribution in [0.25, 0.3) is 0 Å². The summed E-state index contributed by atoms with van der Waals surface area (Å²) >= 11 is 0. The molecule has 0 aliphatic rings. The summed E-state index contributed by atoms with van der Waals surface area (Å²) in [4.78, 5) is 10.5. The smallest absolute Gasteiger partial charge is 0.307 e. The van der Waals surface area contributed by atoms with E-state index >= 15 is 0 Å². The van der Waals surface area contributed by atoms with Gasteiger partial charge in [-0.05, 0) is 23.3 Å². The van der Waals surface area contributed by atoms with Gasteiger partial charge in [-0.25, -0.2) is 0 Å². The van der Waals surface area contributed by atoms with Gasteiger partial charge in [0.1, 0.15) is 5.75 Å². The SMILES string of the molecule is COc1ccc(CC(=O)O)c(CO)c1. The number of carboxylic acids is 1. The zero-order chi connectivity index (χ0) is 10.6. The zero-order valence-electron chi connectivity index (χ0n) is 7.86. The molecule has 14 heavy (non-hydrogen) atoms. The number of hydrogen-bond acceptors (Lipinski definition) is 3. The number of ether oxygens (including phenoxy) is 1. The van der Waals surface area contributed by atoms with Gasteiger partial charge in [0.05, 0.1) is 20.1 Å². The highest BCUT2D eigenvalue weighted by molar-refractivity contribution is 5.70. The molecule has 0 fully saturated rings. The van der Waals surface area contributed by atoms with Gasteiger partial charge in [0.25, 0.3) is 0 Å². The molecule has 0 unspecified atom stereocenters. The van der Waals surface area contributed by atoms with Gasteiger partial charge < -0.3 is 14.9 Å². The monoisotopic (exact) mass is 196 g/mol. The molecule has 0 aliphatic heterocycles. The Morgan fingerprint density at radius 1 is 1.43 bits per heavy atom. The lowest BCUT2D eigenvalue weighted by Gasteiger charge is -2.07. The quantitative estimate of drug-likeness (QED) is 0.748. The molecule has 1 aromatic carbocycles. The number of aliphatic hydroxyl groups excluding tert-OH is 1. The second-order valence-electron chi connectivity index (χ2n) is 2.86. The third-order valence-corrected chi connectivity index (χ3v) is 1.93. The first kappa shape index (κ1) is 10.5. The van der Waals surface area contributed by atoms with E-state index in [1.165, 1.54) is 7.11 Å². The van der Waals surface area contributed by atoms with Gasteiger partial charge >= 0.3 is 5.97 Å². The molecule has 1 rings (SSSR count). The van der Waals surface area contributed by atoms with Crippen molar-refractivity contribution in [1.29, 1.82) is 0 Å². The van der Waals surface area contributed by atoms with Crippen LogP contribution in [0.5, 0.6) is 5.75 Å². The van der Waals surface area contributed by atoms with Crippen LogP contribution in [0.15, 0.2) is 18.2 Å². The summed E-state index contributed by atoms with van der Waals surface area (Å²) in [6.45, 7) is -0.181. The van der Waals surface area contributed by atoms with Crippen LogP contribution in [0, 0.1) is 0 Å². The second-order valence-corrected chi connectivity index (χ2v) is 2.86. The summed E-state index contributed by atoms with van der Waals surface area (Å²) in [7, 11) is 1.52. The van der Waals surface area contributed by atoms with E-state index in [0.717, 1.165) is 0 Å². The Morgan fingerprint density at radius 3 is 2.64 bits per heavy atom. The van der Waals surface area contributed by atoms with Crippen molar-refractivity contribution in [2.75, 3.05) is 7.11 Å². The Kier molecular flexibility index (Phi) is 3.48. The average Bonchev–Trinajstić information content (AvgIpc) is 2.17. The number of carboxylic acid groups (broad SMARTS) is 1. The number of aliphatic hydroxyl groups is 1. The first-order valence-electron chi connectivity index (χ1n) is 4.16. The second kappa shape index (κ2) is 4.62. The number of carbonyl (C=O) groups is 1. The molecule has 0 amide bonds. The molecular weight excluding hydrogens is 184 g/mol. The highest BCUT2D eigenvalue weighted by Gasteiger charge is 2.07. The molecule has 0 heterocycles. The number of aliphatic carboxylic acids is 1. The standard InChI is InChI=1S/C10H12O4/c1-14-9-3-2-7(5-10(12)13)8(4-9)6-11/h2-4,11H,5-6H2,1H3,(H,12,13). The van der Waals surface area contributed by atoms with Crippen LogP contribution in [0.3, 0.4) is 0 Å². The van der Waals surface area contributed by atoms with Crippen molar-refractivity contribution in [1.82, 2.24) is 0 Å². The van der Waals surface area contributed by atoms with Crippen LogP contribution in [0.1, 0.15) is 11.1 Å². The van der Waals surface area contributed by atoms with Crippen LogP contribution in [-0.4, -0.2) is 23.3 Å². The van der Waals surface area contributed by atoms with Crippen molar-refractivity contribution >= 4 is 5.97 Å². The highest BCUT2D eigenvalue weighted by Crippen LogP contribution is 2.18. The van der Waals surface area contributed by atoms with E-state index in [2.05, 4.69) is 0 Å². The van der Waals surface area contributed by atoms with Crippen LogP contribution in [0.2, 0.25) is 0 Å². The summed E-state index contributed by atoms with van der Waals surface area (Å²) < 4.78 is 4.96. The van der Waals surface area contributed by atoms with Crippen molar-refractivity contribution in [3.8, 4) is 5.75 Å². The highest BCUT2D eigenvalue weighted by atomic mass is 16.5. The van der Waals surface area contributed by atoms with Gasteiger partial charge in [0.15, 0.2) is 0 Å². The maximum Gasteiger partial charge on any atom is 0.307 e. The fourth-order valence-electron chi connectivity index (χ4n) is 1.21. The summed E-state index contributed by atoms with van der Waals surface area (Å²) in [5.41, 5.74) is 1.20. The summed E-state index contributed by atoms with van der Waals surface area (Å²) in [6.07, 6.45) is -0.0834. The fourth-order valence-corrected chi connectivity index (χ4v) is 1.21. The average molecular weight is 196 g/mol. The zero-order valence-corrected chi connectivity index (χ0v) is 7.86. The molecular formula is C10H12O4. The van der Waals surface area contributed by atoms with Crippen molar-refractivity contribution < 1.29 is 19.7 Å². The molecule has 0 saturated heterocycles. The minimum absolute atomic E-state index is 0.0834. The molecule has 4 nitrogen and oxygen atoms in total. The molecule has 76 valence electrons. The Balaban J connectivity index is 2.98.